The number of hydrogen-bond donors (Lipinski definition) is 2. The molecule has 0 radical (unpaired) electrons. The van der Waals surface area contributed by atoms with E-state index in [0.29, 0.717) is 0 Å². The largest absolute Gasteiger partial charge is 0.481 e. The Labute approximate surface area is 164 Å². The van der Waals surface area contributed by atoms with Gasteiger partial charge < -0.3 is 10.2 Å². The Kier molecular flexibility index (Phi) is 6.60. The summed E-state index contributed by atoms with van der Waals surface area (Å²) in [6.45, 7) is 0. The molecule has 152 valence electrons. The minimum absolute atomic E-state index is 0.0191. The summed E-state index contributed by atoms with van der Waals surface area (Å²) in [4.78, 5) is 43.8. The van der Waals surface area contributed by atoms with Crippen molar-refractivity contribution in [2.75, 3.05) is 0 Å². The second kappa shape index (κ2) is 8.91. The lowest BCUT2D eigenvalue weighted by atomic mass is 9.71. The summed E-state index contributed by atoms with van der Waals surface area (Å²) in [7, 11) is 0. The molecule has 0 saturated heterocycles. The molecule has 10 nitrogen and oxygen atoms in total. The van der Waals surface area contributed by atoms with E-state index in [1.54, 1.807) is 0 Å². The van der Waals surface area contributed by atoms with E-state index in [0.717, 1.165) is 0 Å². The van der Waals surface area contributed by atoms with E-state index < -0.39 is 27.2 Å². The fraction of sp³-hybridized carbons (Fsp3) is 0.263. The van der Waals surface area contributed by atoms with Crippen LogP contribution in [-0.2, 0) is 15.0 Å². The first-order valence-corrected chi connectivity index (χ1v) is 8.63. The number of unbranched alkanes of at least 4 members (excludes halogenated alkanes) is 1. The van der Waals surface area contributed by atoms with Gasteiger partial charge in [0.25, 0.3) is 11.4 Å². The third-order valence-corrected chi connectivity index (χ3v) is 4.70. The molecule has 10 heteroatoms. The number of aliphatic carboxylic acids is 2. The number of carboxylic acids is 2. The summed E-state index contributed by atoms with van der Waals surface area (Å²) >= 11 is 0. The highest BCUT2D eigenvalue weighted by atomic mass is 16.6. The molecule has 2 aromatic carbocycles. The molecule has 0 unspecified atom stereocenters. The molecule has 0 saturated carbocycles. The van der Waals surface area contributed by atoms with Gasteiger partial charge in [0.1, 0.15) is 5.41 Å². The summed E-state index contributed by atoms with van der Waals surface area (Å²) in [5.41, 5.74) is -1.52. The van der Waals surface area contributed by atoms with Crippen LogP contribution < -0.4 is 0 Å². The number of nitro benzene ring substituents is 2. The van der Waals surface area contributed by atoms with Gasteiger partial charge >= 0.3 is 11.9 Å². The molecular weight excluding hydrogens is 384 g/mol. The maximum absolute atomic E-state index is 12.4. The van der Waals surface area contributed by atoms with Gasteiger partial charge in [0.05, 0.1) is 9.85 Å². The molecule has 0 aliphatic carbocycles. The zero-order chi connectivity index (χ0) is 21.6. The second-order valence-electron chi connectivity index (χ2n) is 6.42. The van der Waals surface area contributed by atoms with Crippen LogP contribution in [0.5, 0.6) is 0 Å². The van der Waals surface area contributed by atoms with Crippen molar-refractivity contribution in [3.05, 3.63) is 79.9 Å². The van der Waals surface area contributed by atoms with Crippen LogP contribution in [0.2, 0.25) is 0 Å². The minimum Gasteiger partial charge on any atom is -0.481 e. The first kappa shape index (κ1) is 21.5. The molecule has 0 amide bonds. The summed E-state index contributed by atoms with van der Waals surface area (Å²) in [6, 6.07) is 10.1. The van der Waals surface area contributed by atoms with Gasteiger partial charge in [-0.1, -0.05) is 30.7 Å². The van der Waals surface area contributed by atoms with Crippen molar-refractivity contribution in [1.82, 2.24) is 0 Å². The highest BCUT2D eigenvalue weighted by Gasteiger charge is 2.42. The predicted molar refractivity (Wildman–Crippen MR) is 101 cm³/mol. The van der Waals surface area contributed by atoms with Gasteiger partial charge in [-0.25, -0.2) is 0 Å². The van der Waals surface area contributed by atoms with Gasteiger partial charge in [0.15, 0.2) is 0 Å². The lowest BCUT2D eigenvalue weighted by Crippen LogP contribution is -2.37. The molecule has 29 heavy (non-hydrogen) atoms. The van der Waals surface area contributed by atoms with Crippen LogP contribution in [0.15, 0.2) is 48.5 Å². The Balaban J connectivity index is 2.53. The first-order valence-electron chi connectivity index (χ1n) is 8.63. The topological polar surface area (TPSA) is 161 Å². The predicted octanol–water partition coefficient (Wildman–Crippen LogP) is 3.52. The second-order valence-corrected chi connectivity index (χ2v) is 6.42. The Hall–Kier alpha value is -3.82. The van der Waals surface area contributed by atoms with Crippen LogP contribution in [0.3, 0.4) is 0 Å². The molecular formula is C19H18N2O8. The molecule has 2 rings (SSSR count). The number of carbonyl (C=O) groups is 2. The molecule has 0 atom stereocenters. The summed E-state index contributed by atoms with van der Waals surface area (Å²) in [6.07, 6.45) is 0.387. The van der Waals surface area contributed by atoms with Crippen LogP contribution in [0.25, 0.3) is 0 Å². The average molecular weight is 402 g/mol. The van der Waals surface area contributed by atoms with Gasteiger partial charge in [-0.05, 0) is 24.0 Å². The van der Waals surface area contributed by atoms with Crippen LogP contribution in [0, 0.1) is 20.2 Å². The number of rotatable bonds is 10. The minimum atomic E-state index is -1.64. The zero-order valence-corrected chi connectivity index (χ0v) is 15.2. The normalized spacial score (nSPS) is 11.0. The third kappa shape index (κ3) is 4.72. The van der Waals surface area contributed by atoms with Crippen LogP contribution in [-0.4, -0.2) is 32.0 Å². The lowest BCUT2D eigenvalue weighted by Gasteiger charge is -2.30. The fourth-order valence-electron chi connectivity index (χ4n) is 3.21. The monoisotopic (exact) mass is 402 g/mol. The van der Waals surface area contributed by atoms with Gasteiger partial charge in [-0.2, -0.15) is 0 Å². The van der Waals surface area contributed by atoms with Crippen molar-refractivity contribution in [1.29, 1.82) is 0 Å². The van der Waals surface area contributed by atoms with Crippen molar-refractivity contribution in [3.8, 4) is 0 Å². The van der Waals surface area contributed by atoms with Gasteiger partial charge in [0, 0.05) is 30.7 Å². The maximum Gasteiger partial charge on any atom is 0.318 e. The number of benzene rings is 2. The molecule has 2 N–H and O–H groups in total. The average Bonchev–Trinajstić information content (AvgIpc) is 2.68. The van der Waals surface area contributed by atoms with E-state index >= 15 is 0 Å². The summed E-state index contributed by atoms with van der Waals surface area (Å²) in [5.74, 6) is -2.24. The molecule has 0 heterocycles. The summed E-state index contributed by atoms with van der Waals surface area (Å²) < 4.78 is 0. The Morgan fingerprint density at radius 3 is 1.52 bits per heavy atom. The number of hydrogen-bond acceptors (Lipinski definition) is 6. The number of nitro groups is 2. The molecule has 0 spiro atoms. The number of nitrogens with zero attached hydrogens (tertiary/aromatic N) is 2. The zero-order valence-electron chi connectivity index (χ0n) is 15.2. The maximum atomic E-state index is 12.4. The summed E-state index contributed by atoms with van der Waals surface area (Å²) in [5, 5.41) is 40.7. The lowest BCUT2D eigenvalue weighted by molar-refractivity contribution is -0.385. The Morgan fingerprint density at radius 1 is 0.793 bits per heavy atom. The SMILES string of the molecule is O=C(O)CCCCC(C(=O)O)(c1ccc([N+](=O)[O-])cc1)c1ccc([N+](=O)[O-])cc1. The Morgan fingerprint density at radius 2 is 1.21 bits per heavy atom. The highest BCUT2D eigenvalue weighted by Crippen LogP contribution is 2.39. The third-order valence-electron chi connectivity index (χ3n) is 4.70. The van der Waals surface area contributed by atoms with Gasteiger partial charge in [0.2, 0.25) is 0 Å². The number of carboxylic acid groups (broad SMARTS) is 2. The quantitative estimate of drug-likeness (QED) is 0.346. The Bertz CT molecular complexity index is 865. The van der Waals surface area contributed by atoms with E-state index in [-0.39, 0.29) is 48.2 Å². The highest BCUT2D eigenvalue weighted by molar-refractivity contribution is 5.86. The molecule has 0 aliphatic rings. The van der Waals surface area contributed by atoms with Crippen molar-refractivity contribution in [2.45, 2.75) is 31.1 Å². The molecule has 0 aliphatic heterocycles. The standard InChI is InChI=1S/C19H18N2O8/c22-17(23)3-1-2-12-19(18(24)25,13-4-8-15(9-5-13)20(26)27)14-6-10-16(11-7-14)21(28)29/h4-11H,1-3,12H2,(H,22,23)(H,24,25). The van der Waals surface area contributed by atoms with E-state index in [1.165, 1.54) is 48.5 Å². The van der Waals surface area contributed by atoms with E-state index in [4.69, 9.17) is 5.11 Å². The molecule has 0 fully saturated rings. The smallest absolute Gasteiger partial charge is 0.318 e. The first-order chi connectivity index (χ1) is 13.7. The number of non-ortho nitro benzene ring substituents is 2. The van der Waals surface area contributed by atoms with Crippen molar-refractivity contribution < 1.29 is 29.6 Å². The van der Waals surface area contributed by atoms with Crippen LogP contribution in [0.4, 0.5) is 11.4 Å². The van der Waals surface area contributed by atoms with Crippen molar-refractivity contribution in [3.63, 3.8) is 0 Å². The van der Waals surface area contributed by atoms with Gasteiger partial charge in [-0.15, -0.1) is 0 Å². The fourth-order valence-corrected chi connectivity index (χ4v) is 3.21. The van der Waals surface area contributed by atoms with Crippen molar-refractivity contribution >= 4 is 23.3 Å². The van der Waals surface area contributed by atoms with E-state index in [9.17, 15) is 34.9 Å². The molecule has 0 aromatic heterocycles. The van der Waals surface area contributed by atoms with E-state index in [1.807, 2.05) is 0 Å². The van der Waals surface area contributed by atoms with Crippen LogP contribution >= 0.6 is 0 Å². The van der Waals surface area contributed by atoms with E-state index in [2.05, 4.69) is 0 Å². The van der Waals surface area contributed by atoms with Gasteiger partial charge in [-0.3, -0.25) is 29.8 Å². The van der Waals surface area contributed by atoms with Crippen molar-refractivity contribution in [2.24, 2.45) is 0 Å². The van der Waals surface area contributed by atoms with Crippen LogP contribution in [0.1, 0.15) is 36.8 Å². The molecule has 2 aromatic rings. The molecule has 0 bridgehead atoms.